The van der Waals surface area contributed by atoms with Crippen molar-refractivity contribution in [2.75, 3.05) is 0 Å². The molecule has 0 aliphatic heterocycles. The van der Waals surface area contributed by atoms with Gasteiger partial charge in [-0.15, -0.1) is 0 Å². The van der Waals surface area contributed by atoms with Crippen LogP contribution in [0.15, 0.2) is 169 Å². The summed E-state index contributed by atoms with van der Waals surface area (Å²) < 4.78 is 252. The second-order valence-corrected chi connectivity index (χ2v) is 9.50. The van der Waals surface area contributed by atoms with Crippen LogP contribution >= 0.6 is 0 Å². The smallest absolute Gasteiger partial charge is 0.0622 e. The van der Waals surface area contributed by atoms with Gasteiger partial charge < -0.3 is 0 Å². The summed E-state index contributed by atoms with van der Waals surface area (Å²) in [5, 5.41) is -7.01. The molecule has 0 spiro atoms. The zero-order valence-electron chi connectivity index (χ0n) is 50.0. The standard InChI is InChI=1S/C44H28/c1-2-11-29(12-3-1)32-23-26-41-42(28-32)43(34-24-25-37-33(27-34)22-21-31-14-5-6-16-35(31)37)39-18-8-9-19-40(39)44(41)38-20-10-15-30-13-4-7-17-36(30)38/h1-28H/i1D,2D,3D,4D,5D,6D,7D,8D,9D,10D,11D,12D,13D,14D,15D,16D,17D,18D,19D,20D,21D,22D,23D,24D,25D,26D,27D,28D. The lowest BCUT2D eigenvalue weighted by Gasteiger charge is -2.20. The van der Waals surface area contributed by atoms with Crippen LogP contribution in [0, 0.1) is 0 Å². The Balaban J connectivity index is 1.72. The Morgan fingerprint density at radius 2 is 0.818 bits per heavy atom. The predicted octanol–water partition coefficient (Wildman–Crippen LogP) is 12.5. The fourth-order valence-corrected chi connectivity index (χ4v) is 5.25. The minimum Gasteiger partial charge on any atom is -0.0622 e. The van der Waals surface area contributed by atoms with Gasteiger partial charge >= 0.3 is 0 Å². The summed E-state index contributed by atoms with van der Waals surface area (Å²) in [7, 11) is 0. The monoisotopic (exact) mass is 584 g/mol. The SMILES string of the molecule is [2H]c1c([2H])c([2H])c(-c2c([2H])c([2H])c3c(-c4c([2H])c([2H])c([2H])c5c([2H])c([2H])c([2H])c([2H])c45)c4c([2H])c([2H])c([2H])c([2H])c4c(-c4c([2H])c([2H])c5c(c4[2H])c([2H])c([2H])c4c([2H])c([2H])c([2H])c([2H])c45)c3c2[2H])c([2H])c1[2H]. The van der Waals surface area contributed by atoms with Crippen LogP contribution in [0.1, 0.15) is 38.4 Å². The highest BCUT2D eigenvalue weighted by Crippen LogP contribution is 2.46. The van der Waals surface area contributed by atoms with E-state index in [1.807, 2.05) is 0 Å². The van der Waals surface area contributed by atoms with E-state index in [2.05, 4.69) is 0 Å². The first-order chi connectivity index (χ1) is 33.5. The molecule has 204 valence electrons. The Bertz CT molecular complexity index is 4080. The van der Waals surface area contributed by atoms with Crippen molar-refractivity contribution in [3.8, 4) is 33.4 Å². The van der Waals surface area contributed by atoms with Gasteiger partial charge in [0.25, 0.3) is 0 Å². The third-order valence-electron chi connectivity index (χ3n) is 7.12. The van der Waals surface area contributed by atoms with Crippen molar-refractivity contribution >= 4 is 53.9 Å². The van der Waals surface area contributed by atoms with E-state index in [4.69, 9.17) is 24.7 Å². The third kappa shape index (κ3) is 3.85. The summed E-state index contributed by atoms with van der Waals surface area (Å²) >= 11 is 0. The zero-order valence-corrected chi connectivity index (χ0v) is 22.0. The summed E-state index contributed by atoms with van der Waals surface area (Å²) in [5.74, 6) is 0. The first-order valence-corrected chi connectivity index (χ1v) is 13.0. The van der Waals surface area contributed by atoms with E-state index in [-0.39, 0.29) is 0 Å². The molecule has 0 radical (unpaired) electrons. The highest BCUT2D eigenvalue weighted by molar-refractivity contribution is 6.24. The lowest BCUT2D eigenvalue weighted by atomic mass is 9.83. The molecule has 0 aliphatic carbocycles. The van der Waals surface area contributed by atoms with Crippen LogP contribution in [0.4, 0.5) is 0 Å². The molecular formula is C44H28. The number of rotatable bonds is 3. The van der Waals surface area contributed by atoms with Crippen molar-refractivity contribution in [1.82, 2.24) is 0 Å². The van der Waals surface area contributed by atoms with Gasteiger partial charge in [-0.1, -0.05) is 157 Å². The van der Waals surface area contributed by atoms with Crippen LogP contribution in [0.2, 0.25) is 0 Å². The molecule has 0 heterocycles. The van der Waals surface area contributed by atoms with Gasteiger partial charge in [0.15, 0.2) is 0 Å². The first-order valence-electron chi connectivity index (χ1n) is 27.0. The molecule has 0 saturated heterocycles. The van der Waals surface area contributed by atoms with Gasteiger partial charge in [0.2, 0.25) is 0 Å². The highest BCUT2D eigenvalue weighted by atomic mass is 14.2. The van der Waals surface area contributed by atoms with Crippen LogP contribution in [-0.2, 0) is 0 Å². The Hall–Kier alpha value is -5.72. The second kappa shape index (κ2) is 9.93. The van der Waals surface area contributed by atoms with Crippen LogP contribution in [0.5, 0.6) is 0 Å². The normalized spacial score (nSPS) is 20.5. The maximum absolute atomic E-state index is 10.0. The van der Waals surface area contributed by atoms with Gasteiger partial charge in [-0.25, -0.2) is 0 Å². The lowest BCUT2D eigenvalue weighted by Crippen LogP contribution is -1.92. The number of benzene rings is 9. The largest absolute Gasteiger partial charge is 0.0636 e. The summed E-state index contributed by atoms with van der Waals surface area (Å²) in [6.45, 7) is 0. The van der Waals surface area contributed by atoms with E-state index < -0.39 is 256 Å². The number of hydrogen-bond acceptors (Lipinski definition) is 0. The second-order valence-electron chi connectivity index (χ2n) is 9.50. The molecule has 9 aromatic rings. The van der Waals surface area contributed by atoms with E-state index in [0.29, 0.717) is 0 Å². The topological polar surface area (TPSA) is 0 Å². The van der Waals surface area contributed by atoms with Crippen LogP contribution in [0.25, 0.3) is 87.2 Å². The van der Waals surface area contributed by atoms with Crippen molar-refractivity contribution in [3.05, 3.63) is 169 Å². The average molecular weight is 585 g/mol. The molecule has 0 heteroatoms. The molecule has 9 aromatic carbocycles. The van der Waals surface area contributed by atoms with Gasteiger partial charge in [0.1, 0.15) is 0 Å². The van der Waals surface area contributed by atoms with Crippen molar-refractivity contribution in [2.24, 2.45) is 0 Å². The van der Waals surface area contributed by atoms with Crippen molar-refractivity contribution < 1.29 is 38.4 Å². The summed E-state index contributed by atoms with van der Waals surface area (Å²) in [6, 6.07) is -26.9. The Morgan fingerprint density at radius 3 is 1.64 bits per heavy atom. The minimum atomic E-state index is -1.11. The van der Waals surface area contributed by atoms with E-state index in [9.17, 15) is 13.7 Å². The van der Waals surface area contributed by atoms with Crippen LogP contribution < -0.4 is 0 Å². The summed E-state index contributed by atoms with van der Waals surface area (Å²) in [6.07, 6.45) is 0. The number of fused-ring (bicyclic) bond motifs is 6. The minimum absolute atomic E-state index is 0.539. The molecule has 0 unspecified atom stereocenters. The van der Waals surface area contributed by atoms with Crippen LogP contribution in [-0.4, -0.2) is 0 Å². The molecule has 44 heavy (non-hydrogen) atoms. The van der Waals surface area contributed by atoms with Gasteiger partial charge in [0.05, 0.1) is 38.4 Å². The van der Waals surface area contributed by atoms with Crippen molar-refractivity contribution in [3.63, 3.8) is 0 Å². The van der Waals surface area contributed by atoms with Crippen molar-refractivity contribution in [2.45, 2.75) is 0 Å². The Kier molecular flexibility index (Phi) is 2.18. The van der Waals surface area contributed by atoms with Gasteiger partial charge in [-0.2, -0.15) is 0 Å². The predicted molar refractivity (Wildman–Crippen MR) is 190 cm³/mol. The molecular weight excluding hydrogens is 528 g/mol. The molecule has 9 rings (SSSR count). The van der Waals surface area contributed by atoms with Gasteiger partial charge in [-0.3, -0.25) is 0 Å². The maximum Gasteiger partial charge on any atom is 0.0636 e. The lowest BCUT2D eigenvalue weighted by molar-refractivity contribution is 1.64. The highest BCUT2D eigenvalue weighted by Gasteiger charge is 2.19. The molecule has 0 aliphatic rings. The number of hydrogen-bond donors (Lipinski definition) is 0. The van der Waals surface area contributed by atoms with Crippen LogP contribution in [0.3, 0.4) is 0 Å². The molecule has 0 fully saturated rings. The van der Waals surface area contributed by atoms with Gasteiger partial charge in [0, 0.05) is 0 Å². The summed E-state index contributed by atoms with van der Waals surface area (Å²) in [4.78, 5) is 0. The van der Waals surface area contributed by atoms with E-state index >= 15 is 0 Å². The Morgan fingerprint density at radius 1 is 0.273 bits per heavy atom. The first kappa shape index (κ1) is 9.64. The maximum atomic E-state index is 10.0. The molecule has 0 amide bonds. The summed E-state index contributed by atoms with van der Waals surface area (Å²) in [5.41, 5.74) is -4.99. The molecule has 0 bridgehead atoms. The van der Waals surface area contributed by atoms with E-state index in [1.54, 1.807) is 0 Å². The molecule has 0 saturated carbocycles. The fourth-order valence-electron chi connectivity index (χ4n) is 5.25. The quantitative estimate of drug-likeness (QED) is 0.143. The zero-order chi connectivity index (χ0) is 53.4. The van der Waals surface area contributed by atoms with Crippen molar-refractivity contribution in [1.29, 1.82) is 0 Å². The van der Waals surface area contributed by atoms with E-state index in [1.165, 1.54) is 0 Å². The Labute approximate surface area is 295 Å². The fraction of sp³-hybridized carbons (Fsp3) is 0. The third-order valence-corrected chi connectivity index (χ3v) is 7.12. The average Bonchev–Trinajstić information content (AvgIpc) is 3.34. The van der Waals surface area contributed by atoms with E-state index in [0.717, 1.165) is 0 Å². The molecule has 0 nitrogen and oxygen atoms in total. The molecule has 0 aromatic heterocycles. The molecule has 0 atom stereocenters. The molecule has 0 N–H and O–H groups in total. The van der Waals surface area contributed by atoms with Gasteiger partial charge in [-0.05, 0) is 99.3 Å².